The van der Waals surface area contributed by atoms with E-state index in [2.05, 4.69) is 4.74 Å². The summed E-state index contributed by atoms with van der Waals surface area (Å²) in [4.78, 5) is 22.6. The molecule has 2 aromatic carbocycles. The predicted octanol–water partition coefficient (Wildman–Crippen LogP) is 3.18. The fourth-order valence-corrected chi connectivity index (χ4v) is 1.53. The highest BCUT2D eigenvalue weighted by molar-refractivity contribution is 5.98. The van der Waals surface area contributed by atoms with Crippen LogP contribution in [0, 0.1) is 0 Å². The molecule has 0 fully saturated rings. The summed E-state index contributed by atoms with van der Waals surface area (Å²) in [6.07, 6.45) is 0. The van der Waals surface area contributed by atoms with Gasteiger partial charge in [0.15, 0.2) is 0 Å². The van der Waals surface area contributed by atoms with Crippen LogP contribution in [0.15, 0.2) is 54.6 Å². The average molecular weight is 256 g/mol. The third-order valence-electron chi connectivity index (χ3n) is 2.31. The van der Waals surface area contributed by atoms with E-state index >= 15 is 0 Å². The van der Waals surface area contributed by atoms with Crippen molar-refractivity contribution >= 4 is 11.9 Å². The lowest BCUT2D eigenvalue weighted by molar-refractivity contribution is -0.135. The van der Waals surface area contributed by atoms with Crippen molar-refractivity contribution in [2.45, 2.75) is 6.92 Å². The van der Waals surface area contributed by atoms with Crippen molar-refractivity contribution in [3.05, 3.63) is 60.2 Å². The maximum Gasteiger partial charge on any atom is 0.349 e. The first kappa shape index (κ1) is 12.8. The van der Waals surface area contributed by atoms with Gasteiger partial charge in [-0.25, -0.2) is 4.79 Å². The molecular formula is C15H12O4. The smallest absolute Gasteiger partial charge is 0.349 e. The van der Waals surface area contributed by atoms with Gasteiger partial charge in [0.1, 0.15) is 17.1 Å². The second-order valence-electron chi connectivity index (χ2n) is 3.79. The van der Waals surface area contributed by atoms with Gasteiger partial charge in [0.2, 0.25) is 0 Å². The van der Waals surface area contributed by atoms with Crippen LogP contribution in [0.2, 0.25) is 0 Å². The number of benzene rings is 2. The molecule has 2 aromatic rings. The lowest BCUT2D eigenvalue weighted by Crippen LogP contribution is -2.10. The molecule has 0 spiro atoms. The molecule has 0 unspecified atom stereocenters. The summed E-state index contributed by atoms with van der Waals surface area (Å²) in [5, 5.41) is 0. The molecule has 0 heterocycles. The van der Waals surface area contributed by atoms with E-state index in [-0.39, 0.29) is 5.56 Å². The molecule has 0 atom stereocenters. The van der Waals surface area contributed by atoms with Gasteiger partial charge in [-0.15, -0.1) is 0 Å². The fraction of sp³-hybridized carbons (Fsp3) is 0.0667. The maximum atomic E-state index is 11.7. The van der Waals surface area contributed by atoms with Crippen molar-refractivity contribution in [2.24, 2.45) is 0 Å². The maximum absolute atomic E-state index is 11.7. The lowest BCUT2D eigenvalue weighted by atomic mass is 10.2. The van der Waals surface area contributed by atoms with Crippen LogP contribution >= 0.6 is 0 Å². The minimum Gasteiger partial charge on any atom is -0.456 e. The molecule has 19 heavy (non-hydrogen) atoms. The molecule has 4 nitrogen and oxygen atoms in total. The Hall–Kier alpha value is -2.62. The van der Waals surface area contributed by atoms with Gasteiger partial charge in [-0.2, -0.15) is 0 Å². The van der Waals surface area contributed by atoms with Crippen molar-refractivity contribution in [2.75, 3.05) is 0 Å². The Morgan fingerprint density at radius 1 is 0.895 bits per heavy atom. The highest BCUT2D eigenvalue weighted by Crippen LogP contribution is 2.25. The SMILES string of the molecule is CC(=O)OC(=O)c1ccccc1Oc1ccccc1. The van der Waals surface area contributed by atoms with Gasteiger partial charge in [-0.3, -0.25) is 4.79 Å². The fourth-order valence-electron chi connectivity index (χ4n) is 1.53. The Morgan fingerprint density at radius 3 is 2.21 bits per heavy atom. The number of carbonyl (C=O) groups is 2. The van der Waals surface area contributed by atoms with Gasteiger partial charge in [-0.05, 0) is 24.3 Å². The zero-order valence-corrected chi connectivity index (χ0v) is 10.3. The van der Waals surface area contributed by atoms with Crippen molar-refractivity contribution in [1.82, 2.24) is 0 Å². The molecule has 0 bridgehead atoms. The van der Waals surface area contributed by atoms with Crippen LogP contribution in [0.4, 0.5) is 0 Å². The molecular weight excluding hydrogens is 244 g/mol. The van der Waals surface area contributed by atoms with Crippen LogP contribution in [-0.2, 0) is 9.53 Å². The van der Waals surface area contributed by atoms with E-state index in [4.69, 9.17) is 4.74 Å². The van der Waals surface area contributed by atoms with Gasteiger partial charge in [0, 0.05) is 6.92 Å². The zero-order chi connectivity index (χ0) is 13.7. The largest absolute Gasteiger partial charge is 0.456 e. The molecule has 0 N–H and O–H groups in total. The zero-order valence-electron chi connectivity index (χ0n) is 10.3. The van der Waals surface area contributed by atoms with Gasteiger partial charge in [-0.1, -0.05) is 30.3 Å². The summed E-state index contributed by atoms with van der Waals surface area (Å²) in [6, 6.07) is 15.7. The van der Waals surface area contributed by atoms with Gasteiger partial charge in [0.05, 0.1) is 0 Å². The minimum atomic E-state index is -0.723. The molecule has 0 aliphatic heterocycles. The average Bonchev–Trinajstić information content (AvgIpc) is 2.39. The van der Waals surface area contributed by atoms with Crippen molar-refractivity contribution in [3.63, 3.8) is 0 Å². The number of esters is 2. The summed E-state index contributed by atoms with van der Waals surface area (Å²) < 4.78 is 10.2. The molecule has 96 valence electrons. The minimum absolute atomic E-state index is 0.210. The van der Waals surface area contributed by atoms with Crippen LogP contribution < -0.4 is 4.74 Å². The Kier molecular flexibility index (Phi) is 3.93. The van der Waals surface area contributed by atoms with Crippen LogP contribution in [0.5, 0.6) is 11.5 Å². The van der Waals surface area contributed by atoms with E-state index < -0.39 is 11.9 Å². The summed E-state index contributed by atoms with van der Waals surface area (Å²) >= 11 is 0. The Morgan fingerprint density at radius 2 is 1.53 bits per heavy atom. The van der Waals surface area contributed by atoms with Crippen molar-refractivity contribution < 1.29 is 19.1 Å². The van der Waals surface area contributed by atoms with Gasteiger partial charge < -0.3 is 9.47 Å². The van der Waals surface area contributed by atoms with Crippen molar-refractivity contribution in [1.29, 1.82) is 0 Å². The molecule has 0 aromatic heterocycles. The third kappa shape index (κ3) is 3.42. The normalized spacial score (nSPS) is 9.74. The monoisotopic (exact) mass is 256 g/mol. The highest BCUT2D eigenvalue weighted by atomic mass is 16.6. The second kappa shape index (κ2) is 5.82. The Bertz CT molecular complexity index is 590. The molecule has 0 saturated carbocycles. The van der Waals surface area contributed by atoms with Crippen LogP contribution in [0.25, 0.3) is 0 Å². The number of carbonyl (C=O) groups excluding carboxylic acids is 2. The summed E-state index contributed by atoms with van der Waals surface area (Å²) in [7, 11) is 0. The number of para-hydroxylation sites is 2. The first-order valence-electron chi connectivity index (χ1n) is 5.71. The third-order valence-corrected chi connectivity index (χ3v) is 2.31. The predicted molar refractivity (Wildman–Crippen MR) is 69.1 cm³/mol. The first-order chi connectivity index (χ1) is 9.16. The number of rotatable bonds is 3. The molecule has 0 saturated heterocycles. The summed E-state index contributed by atoms with van der Waals surface area (Å²) in [6.45, 7) is 1.18. The summed E-state index contributed by atoms with van der Waals surface area (Å²) in [5.74, 6) is -0.427. The van der Waals surface area contributed by atoms with Gasteiger partial charge in [0.25, 0.3) is 0 Å². The second-order valence-corrected chi connectivity index (χ2v) is 3.79. The first-order valence-corrected chi connectivity index (χ1v) is 5.71. The Labute approximate surface area is 110 Å². The number of hydrogen-bond donors (Lipinski definition) is 0. The highest BCUT2D eigenvalue weighted by Gasteiger charge is 2.15. The number of ether oxygens (including phenoxy) is 2. The van der Waals surface area contributed by atoms with E-state index in [9.17, 15) is 9.59 Å². The quantitative estimate of drug-likeness (QED) is 0.625. The molecule has 0 radical (unpaired) electrons. The summed E-state index contributed by atoms with van der Waals surface area (Å²) in [5.41, 5.74) is 0.210. The van der Waals surface area contributed by atoms with E-state index in [0.717, 1.165) is 0 Å². The van der Waals surface area contributed by atoms with Crippen LogP contribution in [-0.4, -0.2) is 11.9 Å². The van der Waals surface area contributed by atoms with Crippen LogP contribution in [0.3, 0.4) is 0 Å². The van der Waals surface area contributed by atoms with E-state index in [0.29, 0.717) is 11.5 Å². The van der Waals surface area contributed by atoms with E-state index in [1.54, 1.807) is 36.4 Å². The molecule has 4 heteroatoms. The lowest BCUT2D eigenvalue weighted by Gasteiger charge is -2.09. The van der Waals surface area contributed by atoms with Crippen LogP contribution in [0.1, 0.15) is 17.3 Å². The van der Waals surface area contributed by atoms with Crippen molar-refractivity contribution in [3.8, 4) is 11.5 Å². The van der Waals surface area contributed by atoms with E-state index in [1.807, 2.05) is 18.2 Å². The molecule has 0 aliphatic carbocycles. The standard InChI is InChI=1S/C15H12O4/c1-11(16)18-15(17)13-9-5-6-10-14(13)19-12-7-3-2-4-8-12/h2-10H,1H3. The van der Waals surface area contributed by atoms with E-state index in [1.165, 1.54) is 6.92 Å². The molecule has 0 amide bonds. The topological polar surface area (TPSA) is 52.6 Å². The number of hydrogen-bond acceptors (Lipinski definition) is 4. The Balaban J connectivity index is 2.26. The molecule has 0 aliphatic rings. The molecule has 2 rings (SSSR count). The van der Waals surface area contributed by atoms with Gasteiger partial charge >= 0.3 is 11.9 Å².